The van der Waals surface area contributed by atoms with E-state index in [4.69, 9.17) is 4.74 Å². The zero-order valence-electron chi connectivity index (χ0n) is 12.7. The maximum atomic E-state index is 12.0. The van der Waals surface area contributed by atoms with E-state index in [1.54, 1.807) is 7.11 Å². The van der Waals surface area contributed by atoms with Gasteiger partial charge in [-0.2, -0.15) is 0 Å². The van der Waals surface area contributed by atoms with Gasteiger partial charge in [0, 0.05) is 44.4 Å². The summed E-state index contributed by atoms with van der Waals surface area (Å²) < 4.78 is 5.06. The van der Waals surface area contributed by atoms with Crippen molar-refractivity contribution in [3.63, 3.8) is 0 Å². The predicted molar refractivity (Wildman–Crippen MR) is 81.9 cm³/mol. The topological polar surface area (TPSA) is 84.7 Å². The largest absolute Gasteiger partial charge is 0.383 e. The summed E-state index contributed by atoms with van der Waals surface area (Å²) in [5.74, 6) is 0.254. The van der Waals surface area contributed by atoms with Crippen LogP contribution in [0.1, 0.15) is 16.8 Å². The molecule has 1 saturated heterocycles. The third kappa shape index (κ3) is 4.51. The van der Waals surface area contributed by atoms with Crippen molar-refractivity contribution in [2.24, 2.45) is 5.92 Å². The first-order chi connectivity index (χ1) is 10.6. The fourth-order valence-corrected chi connectivity index (χ4v) is 2.58. The molecule has 2 rings (SSSR count). The van der Waals surface area contributed by atoms with E-state index in [0.717, 1.165) is 32.7 Å². The zero-order valence-corrected chi connectivity index (χ0v) is 12.7. The van der Waals surface area contributed by atoms with Crippen molar-refractivity contribution in [3.05, 3.63) is 39.9 Å². The predicted octanol–water partition coefficient (Wildman–Crippen LogP) is 1.29. The Morgan fingerprint density at radius 1 is 1.45 bits per heavy atom. The van der Waals surface area contributed by atoms with Crippen LogP contribution in [0, 0.1) is 16.0 Å². The van der Waals surface area contributed by atoms with Crippen molar-refractivity contribution in [2.75, 3.05) is 39.9 Å². The molecule has 0 saturated carbocycles. The van der Waals surface area contributed by atoms with Crippen LogP contribution in [0.3, 0.4) is 0 Å². The van der Waals surface area contributed by atoms with Crippen LogP contribution in [0.25, 0.3) is 0 Å². The van der Waals surface area contributed by atoms with Crippen molar-refractivity contribution in [2.45, 2.75) is 6.42 Å². The number of ether oxygens (including phenoxy) is 1. The van der Waals surface area contributed by atoms with E-state index < -0.39 is 4.92 Å². The monoisotopic (exact) mass is 307 g/mol. The minimum absolute atomic E-state index is 0.0128. The number of rotatable bonds is 7. The van der Waals surface area contributed by atoms with Crippen LogP contribution >= 0.6 is 0 Å². The first-order valence-corrected chi connectivity index (χ1v) is 7.34. The van der Waals surface area contributed by atoms with E-state index in [1.165, 1.54) is 24.3 Å². The maximum Gasteiger partial charge on any atom is 0.269 e. The van der Waals surface area contributed by atoms with Gasteiger partial charge in [-0.05, 0) is 31.0 Å². The molecule has 0 unspecified atom stereocenters. The Labute approximate surface area is 129 Å². The molecule has 120 valence electrons. The number of nitro benzene ring substituents is 1. The highest BCUT2D eigenvalue weighted by atomic mass is 16.6. The molecular weight excluding hydrogens is 286 g/mol. The number of carbonyl (C=O) groups excluding carboxylic acids is 1. The SMILES string of the molecule is COCCN1CC[C@@H](CNC(=O)c2ccc([N+](=O)[O-])cc2)C1. The summed E-state index contributed by atoms with van der Waals surface area (Å²) in [6.07, 6.45) is 1.06. The van der Waals surface area contributed by atoms with Crippen LogP contribution in [-0.2, 0) is 4.74 Å². The Balaban J connectivity index is 1.77. The summed E-state index contributed by atoms with van der Waals surface area (Å²) in [6, 6.07) is 5.65. The number of nitrogens with one attached hydrogen (secondary N) is 1. The van der Waals surface area contributed by atoms with Crippen LogP contribution < -0.4 is 5.32 Å². The summed E-state index contributed by atoms with van der Waals surface area (Å²) in [4.78, 5) is 24.4. The fraction of sp³-hybridized carbons (Fsp3) is 0.533. The molecule has 0 bridgehead atoms. The molecular formula is C15H21N3O4. The van der Waals surface area contributed by atoms with E-state index in [9.17, 15) is 14.9 Å². The molecule has 0 aromatic heterocycles. The van der Waals surface area contributed by atoms with Crippen LogP contribution in [-0.4, -0.2) is 55.6 Å². The quantitative estimate of drug-likeness (QED) is 0.606. The van der Waals surface area contributed by atoms with E-state index >= 15 is 0 Å². The number of hydrogen-bond acceptors (Lipinski definition) is 5. The number of carbonyl (C=O) groups is 1. The first-order valence-electron chi connectivity index (χ1n) is 7.34. The van der Waals surface area contributed by atoms with Gasteiger partial charge in [-0.3, -0.25) is 14.9 Å². The highest BCUT2D eigenvalue weighted by Gasteiger charge is 2.22. The lowest BCUT2D eigenvalue weighted by Crippen LogP contribution is -2.31. The van der Waals surface area contributed by atoms with E-state index in [-0.39, 0.29) is 11.6 Å². The standard InChI is InChI=1S/C15H21N3O4/c1-22-9-8-17-7-6-12(11-17)10-16-15(19)13-2-4-14(5-3-13)18(20)21/h2-5,12H,6-11H2,1H3,(H,16,19)/t12-/m0/s1. The van der Waals surface area contributed by atoms with Crippen LogP contribution in [0.15, 0.2) is 24.3 Å². The second kappa shape index (κ2) is 7.86. The zero-order chi connectivity index (χ0) is 15.9. The Morgan fingerprint density at radius 2 is 2.18 bits per heavy atom. The molecule has 0 aliphatic carbocycles. The number of amides is 1. The van der Waals surface area contributed by atoms with Crippen molar-refractivity contribution < 1.29 is 14.5 Å². The van der Waals surface area contributed by atoms with Gasteiger partial charge in [0.15, 0.2) is 0 Å². The smallest absolute Gasteiger partial charge is 0.269 e. The number of likely N-dealkylation sites (tertiary alicyclic amines) is 1. The molecule has 1 N–H and O–H groups in total. The summed E-state index contributed by atoms with van der Waals surface area (Å²) in [7, 11) is 1.69. The average Bonchev–Trinajstić information content (AvgIpc) is 2.98. The minimum Gasteiger partial charge on any atom is -0.383 e. The second-order valence-electron chi connectivity index (χ2n) is 5.46. The lowest BCUT2D eigenvalue weighted by molar-refractivity contribution is -0.384. The Kier molecular flexibility index (Phi) is 5.85. The normalized spacial score (nSPS) is 18.3. The number of methoxy groups -OCH3 is 1. The van der Waals surface area contributed by atoms with Gasteiger partial charge >= 0.3 is 0 Å². The van der Waals surface area contributed by atoms with Gasteiger partial charge in [-0.25, -0.2) is 0 Å². The molecule has 1 aliphatic rings. The molecule has 22 heavy (non-hydrogen) atoms. The van der Waals surface area contributed by atoms with Gasteiger partial charge in [0.1, 0.15) is 0 Å². The molecule has 1 aliphatic heterocycles. The lowest BCUT2D eigenvalue weighted by Gasteiger charge is -2.15. The molecule has 0 radical (unpaired) electrons. The molecule has 7 heteroatoms. The number of benzene rings is 1. The first kappa shape index (κ1) is 16.4. The lowest BCUT2D eigenvalue weighted by atomic mass is 10.1. The third-order valence-electron chi connectivity index (χ3n) is 3.87. The maximum absolute atomic E-state index is 12.0. The molecule has 1 atom stereocenters. The van der Waals surface area contributed by atoms with Crippen molar-refractivity contribution in [1.82, 2.24) is 10.2 Å². The second-order valence-corrected chi connectivity index (χ2v) is 5.46. The van der Waals surface area contributed by atoms with E-state index in [0.29, 0.717) is 18.0 Å². The van der Waals surface area contributed by atoms with E-state index in [2.05, 4.69) is 10.2 Å². The van der Waals surface area contributed by atoms with Gasteiger partial charge in [0.2, 0.25) is 0 Å². The highest BCUT2D eigenvalue weighted by Crippen LogP contribution is 2.15. The van der Waals surface area contributed by atoms with Crippen molar-refractivity contribution in [3.8, 4) is 0 Å². The summed E-state index contributed by atoms with van der Waals surface area (Å²) in [5.41, 5.74) is 0.431. The third-order valence-corrected chi connectivity index (χ3v) is 3.87. The number of nitrogens with zero attached hydrogens (tertiary/aromatic N) is 2. The summed E-state index contributed by atoms with van der Waals surface area (Å²) in [6.45, 7) is 4.26. The van der Waals surface area contributed by atoms with Gasteiger partial charge in [0.25, 0.3) is 11.6 Å². The number of nitro groups is 1. The van der Waals surface area contributed by atoms with Crippen molar-refractivity contribution in [1.29, 1.82) is 0 Å². The van der Waals surface area contributed by atoms with Gasteiger partial charge in [-0.1, -0.05) is 0 Å². The number of non-ortho nitro benzene ring substituents is 1. The van der Waals surface area contributed by atoms with Crippen molar-refractivity contribution >= 4 is 11.6 Å². The molecule has 7 nitrogen and oxygen atoms in total. The fourth-order valence-electron chi connectivity index (χ4n) is 2.58. The van der Waals surface area contributed by atoms with Gasteiger partial charge in [0.05, 0.1) is 11.5 Å². The van der Waals surface area contributed by atoms with E-state index in [1.807, 2.05) is 0 Å². The van der Waals surface area contributed by atoms with Crippen LogP contribution in [0.2, 0.25) is 0 Å². The van der Waals surface area contributed by atoms with Crippen LogP contribution in [0.5, 0.6) is 0 Å². The molecule has 1 amide bonds. The Bertz CT molecular complexity index is 518. The molecule has 1 fully saturated rings. The molecule has 0 spiro atoms. The minimum atomic E-state index is -0.477. The Morgan fingerprint density at radius 3 is 2.82 bits per heavy atom. The van der Waals surface area contributed by atoms with Gasteiger partial charge < -0.3 is 15.0 Å². The molecule has 1 aromatic rings. The number of hydrogen-bond donors (Lipinski definition) is 1. The summed E-state index contributed by atoms with van der Waals surface area (Å²) in [5, 5.41) is 13.5. The Hall–Kier alpha value is -1.99. The summed E-state index contributed by atoms with van der Waals surface area (Å²) >= 11 is 0. The molecule has 1 aromatic carbocycles. The van der Waals surface area contributed by atoms with Crippen LogP contribution in [0.4, 0.5) is 5.69 Å². The average molecular weight is 307 g/mol. The molecule has 1 heterocycles. The van der Waals surface area contributed by atoms with Gasteiger partial charge in [-0.15, -0.1) is 0 Å². The highest BCUT2D eigenvalue weighted by molar-refractivity contribution is 5.94.